The highest BCUT2D eigenvalue weighted by molar-refractivity contribution is 6.05. The first-order chi connectivity index (χ1) is 17.2. The second-order valence-corrected chi connectivity index (χ2v) is 7.51. The number of anilines is 1. The maximum Gasteiger partial charge on any atom is 0.433 e. The van der Waals surface area contributed by atoms with E-state index in [0.717, 1.165) is 12.1 Å². The summed E-state index contributed by atoms with van der Waals surface area (Å²) in [5, 5.41) is 7.45. The second-order valence-electron chi connectivity index (χ2n) is 7.51. The van der Waals surface area contributed by atoms with Gasteiger partial charge in [0.1, 0.15) is 30.3 Å². The fraction of sp³-hybridized carbons (Fsp3) is 0.208. The fourth-order valence-corrected chi connectivity index (χ4v) is 3.28. The molecule has 0 radical (unpaired) electrons. The van der Waals surface area contributed by atoms with Crippen LogP contribution in [0, 0.1) is 0 Å². The highest BCUT2D eigenvalue weighted by Gasteiger charge is 2.33. The maximum atomic E-state index is 13.0. The zero-order chi connectivity index (χ0) is 25.7. The summed E-state index contributed by atoms with van der Waals surface area (Å²) in [4.78, 5) is 32.2. The van der Waals surface area contributed by atoms with E-state index in [0.29, 0.717) is 16.6 Å². The van der Waals surface area contributed by atoms with Crippen LogP contribution in [0.5, 0.6) is 5.75 Å². The summed E-state index contributed by atoms with van der Waals surface area (Å²) < 4.78 is 51.3. The van der Waals surface area contributed by atoms with Crippen molar-refractivity contribution in [2.75, 3.05) is 11.9 Å². The van der Waals surface area contributed by atoms with Crippen molar-refractivity contribution < 1.29 is 32.2 Å². The fourth-order valence-electron chi connectivity index (χ4n) is 3.28. The number of hydrogen-bond acceptors (Lipinski definition) is 7. The summed E-state index contributed by atoms with van der Waals surface area (Å²) in [7, 11) is 0. The monoisotopic (exact) mass is 499 g/mol. The van der Waals surface area contributed by atoms with E-state index in [1.54, 1.807) is 49.6 Å². The lowest BCUT2D eigenvalue weighted by atomic mass is 10.2. The van der Waals surface area contributed by atoms with Gasteiger partial charge >= 0.3 is 12.1 Å². The van der Waals surface area contributed by atoms with Crippen molar-refractivity contribution >= 4 is 28.5 Å². The zero-order valence-electron chi connectivity index (χ0n) is 19.0. The number of fused-ring (bicyclic) bond motifs is 1. The quantitative estimate of drug-likeness (QED) is 0.361. The van der Waals surface area contributed by atoms with Gasteiger partial charge in [-0.3, -0.25) is 19.3 Å². The summed E-state index contributed by atoms with van der Waals surface area (Å²) >= 11 is 0. The van der Waals surface area contributed by atoms with Gasteiger partial charge < -0.3 is 14.8 Å². The third kappa shape index (κ3) is 5.95. The molecule has 4 aromatic rings. The van der Waals surface area contributed by atoms with E-state index in [1.165, 1.54) is 10.7 Å². The highest BCUT2D eigenvalue weighted by Crippen LogP contribution is 2.32. The third-order valence-electron chi connectivity index (χ3n) is 4.87. The Morgan fingerprint density at radius 3 is 2.67 bits per heavy atom. The van der Waals surface area contributed by atoms with E-state index in [1.807, 2.05) is 0 Å². The Balaban J connectivity index is 1.65. The van der Waals surface area contributed by atoms with E-state index < -0.39 is 29.4 Å². The van der Waals surface area contributed by atoms with Gasteiger partial charge in [0, 0.05) is 23.8 Å². The van der Waals surface area contributed by atoms with Crippen molar-refractivity contribution in [2.24, 2.45) is 0 Å². The number of halogens is 3. The molecular formula is C24H20F3N5O4. The number of carbonyl (C=O) groups excluding carboxylic acids is 2. The predicted molar refractivity (Wildman–Crippen MR) is 122 cm³/mol. The molecule has 1 amide bonds. The van der Waals surface area contributed by atoms with Crippen molar-refractivity contribution in [1.82, 2.24) is 19.7 Å². The normalized spacial score (nSPS) is 11.3. The van der Waals surface area contributed by atoms with Gasteiger partial charge in [0.15, 0.2) is 0 Å². The summed E-state index contributed by atoms with van der Waals surface area (Å²) in [5.74, 6) is -1.13. The Hall–Kier alpha value is -4.48. The van der Waals surface area contributed by atoms with Gasteiger partial charge in [0.2, 0.25) is 0 Å². The van der Waals surface area contributed by atoms with Crippen LogP contribution in [0.15, 0.2) is 60.9 Å². The van der Waals surface area contributed by atoms with Crippen molar-refractivity contribution in [3.05, 3.63) is 78.0 Å². The molecule has 0 aliphatic rings. The van der Waals surface area contributed by atoms with Crippen LogP contribution in [0.4, 0.5) is 18.9 Å². The number of esters is 1. The lowest BCUT2D eigenvalue weighted by Crippen LogP contribution is -2.17. The molecule has 0 unspecified atom stereocenters. The summed E-state index contributed by atoms with van der Waals surface area (Å²) in [6, 6.07) is 11.4. The Morgan fingerprint density at radius 1 is 1.11 bits per heavy atom. The molecule has 1 aromatic carbocycles. The number of nitrogens with one attached hydrogen (secondary N) is 1. The standard InChI is InChI=1S/C24H20F3N5O4/c1-2-35-22(33)13-32-12-15-10-19(30-23(34)17-7-5-8-21(29-17)24(25,26)27)20(11-18(15)31-32)36-14-16-6-3-4-9-28-16/h3-12H,2,13-14H2,1H3,(H,30,34). The molecule has 0 atom stereocenters. The molecule has 12 heteroatoms. The summed E-state index contributed by atoms with van der Waals surface area (Å²) in [6.45, 7) is 1.85. The molecule has 4 rings (SSSR count). The number of pyridine rings is 2. The van der Waals surface area contributed by atoms with Gasteiger partial charge in [-0.05, 0) is 37.3 Å². The Morgan fingerprint density at radius 2 is 1.94 bits per heavy atom. The van der Waals surface area contributed by atoms with Crippen LogP contribution < -0.4 is 10.1 Å². The van der Waals surface area contributed by atoms with Gasteiger partial charge in [-0.2, -0.15) is 18.3 Å². The SMILES string of the molecule is CCOC(=O)Cn1cc2cc(NC(=O)c3cccc(C(F)(F)F)n3)c(OCc3ccccn3)cc2n1. The molecule has 0 aliphatic carbocycles. The number of hydrogen-bond donors (Lipinski definition) is 1. The predicted octanol–water partition coefficient (Wildman–Crippen LogP) is 4.24. The topological polar surface area (TPSA) is 108 Å². The van der Waals surface area contributed by atoms with Crippen LogP contribution in [0.3, 0.4) is 0 Å². The molecule has 0 spiro atoms. The number of carbonyl (C=O) groups is 2. The minimum atomic E-state index is -4.69. The molecule has 1 N–H and O–H groups in total. The van der Waals surface area contributed by atoms with Gasteiger partial charge in [-0.1, -0.05) is 12.1 Å². The largest absolute Gasteiger partial charge is 0.485 e. The first-order valence-electron chi connectivity index (χ1n) is 10.8. The first kappa shape index (κ1) is 24.6. The van der Waals surface area contributed by atoms with Crippen LogP contribution in [-0.2, 0) is 28.9 Å². The molecule has 0 aliphatic heterocycles. The van der Waals surface area contributed by atoms with Crippen LogP contribution in [0.1, 0.15) is 28.8 Å². The van der Waals surface area contributed by atoms with Crippen LogP contribution in [-0.4, -0.2) is 38.2 Å². The third-order valence-corrected chi connectivity index (χ3v) is 4.87. The van der Waals surface area contributed by atoms with Crippen molar-refractivity contribution in [3.63, 3.8) is 0 Å². The summed E-state index contributed by atoms with van der Waals surface area (Å²) in [6.07, 6.45) is -1.52. The smallest absolute Gasteiger partial charge is 0.433 e. The number of ether oxygens (including phenoxy) is 2. The molecule has 3 heterocycles. The zero-order valence-corrected chi connectivity index (χ0v) is 19.0. The van der Waals surface area contributed by atoms with Gasteiger partial charge in [-0.15, -0.1) is 0 Å². The van der Waals surface area contributed by atoms with Crippen LogP contribution >= 0.6 is 0 Å². The Kier molecular flexibility index (Phi) is 7.13. The molecule has 186 valence electrons. The van der Waals surface area contributed by atoms with Crippen LogP contribution in [0.2, 0.25) is 0 Å². The number of aromatic nitrogens is 4. The van der Waals surface area contributed by atoms with Gasteiger partial charge in [0.25, 0.3) is 5.91 Å². The van der Waals surface area contributed by atoms with E-state index >= 15 is 0 Å². The van der Waals surface area contributed by atoms with Crippen LogP contribution in [0.25, 0.3) is 10.9 Å². The number of benzene rings is 1. The summed E-state index contributed by atoms with van der Waals surface area (Å²) in [5.41, 5.74) is -0.345. The first-order valence-corrected chi connectivity index (χ1v) is 10.8. The second kappa shape index (κ2) is 10.4. The average Bonchev–Trinajstić information content (AvgIpc) is 3.23. The number of alkyl halides is 3. The minimum Gasteiger partial charge on any atom is -0.485 e. The Bertz CT molecular complexity index is 1390. The number of amides is 1. The van der Waals surface area contributed by atoms with Gasteiger partial charge in [0.05, 0.1) is 23.5 Å². The van der Waals surface area contributed by atoms with Crippen molar-refractivity contribution in [2.45, 2.75) is 26.3 Å². The molecule has 3 aromatic heterocycles. The van der Waals surface area contributed by atoms with E-state index in [2.05, 4.69) is 20.4 Å². The number of nitrogens with zero attached hydrogens (tertiary/aromatic N) is 4. The lowest BCUT2D eigenvalue weighted by molar-refractivity contribution is -0.144. The molecule has 0 bridgehead atoms. The van der Waals surface area contributed by atoms with E-state index in [9.17, 15) is 22.8 Å². The molecule has 0 fully saturated rings. The maximum absolute atomic E-state index is 13.0. The number of rotatable bonds is 8. The van der Waals surface area contributed by atoms with E-state index in [-0.39, 0.29) is 31.2 Å². The van der Waals surface area contributed by atoms with Crippen molar-refractivity contribution in [1.29, 1.82) is 0 Å². The lowest BCUT2D eigenvalue weighted by Gasteiger charge is -2.13. The highest BCUT2D eigenvalue weighted by atomic mass is 19.4. The molecule has 0 saturated heterocycles. The molecule has 9 nitrogen and oxygen atoms in total. The van der Waals surface area contributed by atoms with E-state index in [4.69, 9.17) is 9.47 Å². The Labute approximate surface area is 202 Å². The van der Waals surface area contributed by atoms with Gasteiger partial charge in [-0.25, -0.2) is 4.98 Å². The van der Waals surface area contributed by atoms with Crippen molar-refractivity contribution in [3.8, 4) is 5.75 Å². The average molecular weight is 499 g/mol. The molecule has 36 heavy (non-hydrogen) atoms. The minimum absolute atomic E-state index is 0.0561. The molecular weight excluding hydrogens is 479 g/mol. The molecule has 0 saturated carbocycles.